The summed E-state index contributed by atoms with van der Waals surface area (Å²) in [5.74, 6) is 0.795. The molecule has 0 aromatic heterocycles. The van der Waals surface area contributed by atoms with E-state index >= 15 is 0 Å². The molecule has 3 heteroatoms. The van der Waals surface area contributed by atoms with E-state index in [1.807, 2.05) is 0 Å². The molecule has 2 fully saturated rings. The number of hydrogen-bond acceptors (Lipinski definition) is 3. The Labute approximate surface area is 106 Å². The summed E-state index contributed by atoms with van der Waals surface area (Å²) in [5.41, 5.74) is 5.76. The van der Waals surface area contributed by atoms with Crippen molar-refractivity contribution in [2.24, 2.45) is 11.7 Å². The zero-order chi connectivity index (χ0) is 12.3. The maximum atomic E-state index is 5.76. The van der Waals surface area contributed by atoms with E-state index in [2.05, 4.69) is 23.8 Å². The van der Waals surface area contributed by atoms with Crippen molar-refractivity contribution in [2.45, 2.75) is 51.1 Å². The lowest BCUT2D eigenvalue weighted by Gasteiger charge is -2.32. The molecular formula is C14H29N3. The highest BCUT2D eigenvalue weighted by atomic mass is 15.2. The van der Waals surface area contributed by atoms with Crippen LogP contribution in [0.25, 0.3) is 0 Å². The van der Waals surface area contributed by atoms with Gasteiger partial charge in [-0.25, -0.2) is 0 Å². The minimum Gasteiger partial charge on any atom is -0.330 e. The molecule has 1 saturated heterocycles. The van der Waals surface area contributed by atoms with E-state index in [9.17, 15) is 0 Å². The van der Waals surface area contributed by atoms with Crippen molar-refractivity contribution in [1.82, 2.24) is 9.80 Å². The average molecular weight is 239 g/mol. The second kappa shape index (κ2) is 6.17. The fourth-order valence-electron chi connectivity index (χ4n) is 3.65. The molecule has 2 atom stereocenters. The fraction of sp³-hybridized carbons (Fsp3) is 1.00. The standard InChI is InChI=1S/C14H29N3/c1-12-9-16(2)14(7-8-15)11-17(10-12)13-5-3-4-6-13/h12-14H,3-11,15H2,1-2H3. The summed E-state index contributed by atoms with van der Waals surface area (Å²) in [6, 6.07) is 1.54. The van der Waals surface area contributed by atoms with Crippen LogP contribution in [0.4, 0.5) is 0 Å². The summed E-state index contributed by atoms with van der Waals surface area (Å²) in [4.78, 5) is 5.30. The fourth-order valence-corrected chi connectivity index (χ4v) is 3.65. The normalized spacial score (nSPS) is 34.1. The van der Waals surface area contributed by atoms with Crippen LogP contribution in [0.5, 0.6) is 0 Å². The zero-order valence-corrected chi connectivity index (χ0v) is 11.6. The molecule has 0 amide bonds. The summed E-state index contributed by atoms with van der Waals surface area (Å²) in [7, 11) is 2.27. The van der Waals surface area contributed by atoms with E-state index < -0.39 is 0 Å². The van der Waals surface area contributed by atoms with Gasteiger partial charge in [0.1, 0.15) is 0 Å². The van der Waals surface area contributed by atoms with Crippen molar-refractivity contribution >= 4 is 0 Å². The van der Waals surface area contributed by atoms with Gasteiger partial charge in [0.25, 0.3) is 0 Å². The molecule has 0 aromatic rings. The van der Waals surface area contributed by atoms with Crippen LogP contribution in [0, 0.1) is 5.92 Å². The molecule has 1 heterocycles. The van der Waals surface area contributed by atoms with Gasteiger partial charge < -0.3 is 10.6 Å². The first kappa shape index (κ1) is 13.3. The van der Waals surface area contributed by atoms with Crippen LogP contribution >= 0.6 is 0 Å². The molecule has 1 aliphatic carbocycles. The van der Waals surface area contributed by atoms with Crippen LogP contribution in [-0.4, -0.2) is 55.1 Å². The molecule has 1 saturated carbocycles. The number of hydrogen-bond donors (Lipinski definition) is 1. The van der Waals surface area contributed by atoms with Crippen LogP contribution in [0.2, 0.25) is 0 Å². The zero-order valence-electron chi connectivity index (χ0n) is 11.6. The summed E-state index contributed by atoms with van der Waals surface area (Å²) >= 11 is 0. The molecule has 2 aliphatic rings. The number of rotatable bonds is 3. The first-order valence-corrected chi connectivity index (χ1v) is 7.35. The highest BCUT2D eigenvalue weighted by Gasteiger charge is 2.30. The van der Waals surface area contributed by atoms with Gasteiger partial charge in [-0.1, -0.05) is 19.8 Å². The quantitative estimate of drug-likeness (QED) is 0.811. The molecular weight excluding hydrogens is 210 g/mol. The Morgan fingerprint density at radius 1 is 1.12 bits per heavy atom. The van der Waals surface area contributed by atoms with Crippen molar-refractivity contribution in [1.29, 1.82) is 0 Å². The molecule has 0 aromatic carbocycles. The number of likely N-dealkylation sites (N-methyl/N-ethyl adjacent to an activating group) is 1. The van der Waals surface area contributed by atoms with Gasteiger partial charge in [0.05, 0.1) is 0 Å². The lowest BCUT2D eigenvalue weighted by atomic mass is 10.1. The van der Waals surface area contributed by atoms with E-state index in [0.29, 0.717) is 6.04 Å². The Bertz CT molecular complexity index is 226. The van der Waals surface area contributed by atoms with Gasteiger partial charge in [0, 0.05) is 31.7 Å². The van der Waals surface area contributed by atoms with Crippen LogP contribution in [-0.2, 0) is 0 Å². The van der Waals surface area contributed by atoms with Crippen LogP contribution in [0.15, 0.2) is 0 Å². The first-order chi connectivity index (χ1) is 8.20. The lowest BCUT2D eigenvalue weighted by Crippen LogP contribution is -2.43. The molecule has 0 radical (unpaired) electrons. The van der Waals surface area contributed by atoms with E-state index in [-0.39, 0.29) is 0 Å². The largest absolute Gasteiger partial charge is 0.330 e. The van der Waals surface area contributed by atoms with E-state index in [4.69, 9.17) is 5.73 Å². The third kappa shape index (κ3) is 3.43. The molecule has 2 unspecified atom stereocenters. The third-order valence-corrected chi connectivity index (χ3v) is 4.56. The summed E-state index contributed by atoms with van der Waals surface area (Å²) < 4.78 is 0. The highest BCUT2D eigenvalue weighted by Crippen LogP contribution is 2.26. The molecule has 3 nitrogen and oxygen atoms in total. The monoisotopic (exact) mass is 239 g/mol. The Kier molecular flexibility index (Phi) is 4.83. The molecule has 17 heavy (non-hydrogen) atoms. The SMILES string of the molecule is CC1CN(C)C(CCN)CN(C2CCCC2)C1. The first-order valence-electron chi connectivity index (χ1n) is 7.35. The summed E-state index contributed by atoms with van der Waals surface area (Å²) in [5, 5.41) is 0. The van der Waals surface area contributed by atoms with Crippen molar-refractivity contribution in [3.8, 4) is 0 Å². The smallest absolute Gasteiger partial charge is 0.0232 e. The van der Waals surface area contributed by atoms with E-state index in [1.165, 1.54) is 45.3 Å². The minimum atomic E-state index is 0.672. The van der Waals surface area contributed by atoms with Crippen molar-refractivity contribution in [3.63, 3.8) is 0 Å². The maximum Gasteiger partial charge on any atom is 0.0232 e. The molecule has 0 spiro atoms. The second-order valence-electron chi connectivity index (χ2n) is 6.17. The van der Waals surface area contributed by atoms with Crippen molar-refractivity contribution < 1.29 is 0 Å². The van der Waals surface area contributed by atoms with E-state index in [0.717, 1.165) is 24.9 Å². The number of nitrogens with zero attached hydrogens (tertiary/aromatic N) is 2. The van der Waals surface area contributed by atoms with Crippen molar-refractivity contribution in [2.75, 3.05) is 33.2 Å². The van der Waals surface area contributed by atoms with Gasteiger partial charge in [-0.2, -0.15) is 0 Å². The lowest BCUT2D eigenvalue weighted by molar-refractivity contribution is 0.160. The predicted molar refractivity (Wildman–Crippen MR) is 73.1 cm³/mol. The van der Waals surface area contributed by atoms with Crippen molar-refractivity contribution in [3.05, 3.63) is 0 Å². The van der Waals surface area contributed by atoms with Gasteiger partial charge in [0.2, 0.25) is 0 Å². The second-order valence-corrected chi connectivity index (χ2v) is 6.17. The molecule has 0 bridgehead atoms. The van der Waals surface area contributed by atoms with Crippen LogP contribution < -0.4 is 5.73 Å². The average Bonchev–Trinajstić information content (AvgIpc) is 2.76. The molecule has 1 aliphatic heterocycles. The third-order valence-electron chi connectivity index (χ3n) is 4.56. The number of nitrogens with two attached hydrogens (primary N) is 1. The van der Waals surface area contributed by atoms with Crippen LogP contribution in [0.1, 0.15) is 39.0 Å². The van der Waals surface area contributed by atoms with Gasteiger partial charge in [-0.05, 0) is 38.8 Å². The Balaban J connectivity index is 1.99. The highest BCUT2D eigenvalue weighted by molar-refractivity contribution is 4.86. The summed E-state index contributed by atoms with van der Waals surface area (Å²) in [6.45, 7) is 6.97. The molecule has 2 N–H and O–H groups in total. The Morgan fingerprint density at radius 2 is 1.82 bits per heavy atom. The van der Waals surface area contributed by atoms with E-state index in [1.54, 1.807) is 0 Å². The molecule has 100 valence electrons. The van der Waals surface area contributed by atoms with Gasteiger partial charge in [-0.3, -0.25) is 4.90 Å². The minimum absolute atomic E-state index is 0.672. The predicted octanol–water partition coefficient (Wildman–Crippen LogP) is 1.53. The van der Waals surface area contributed by atoms with Gasteiger partial charge >= 0.3 is 0 Å². The molecule has 2 rings (SSSR count). The topological polar surface area (TPSA) is 32.5 Å². The maximum absolute atomic E-state index is 5.76. The van der Waals surface area contributed by atoms with Gasteiger partial charge in [0.15, 0.2) is 0 Å². The summed E-state index contributed by atoms with van der Waals surface area (Å²) in [6.07, 6.45) is 6.86. The Hall–Kier alpha value is -0.120. The Morgan fingerprint density at radius 3 is 2.47 bits per heavy atom. The van der Waals surface area contributed by atoms with Crippen LogP contribution in [0.3, 0.4) is 0 Å². The van der Waals surface area contributed by atoms with Gasteiger partial charge in [-0.15, -0.1) is 0 Å².